The van der Waals surface area contributed by atoms with Crippen molar-refractivity contribution in [3.63, 3.8) is 0 Å². The lowest BCUT2D eigenvalue weighted by Crippen LogP contribution is -2.35. The van der Waals surface area contributed by atoms with Crippen molar-refractivity contribution < 1.29 is 19.2 Å². The highest BCUT2D eigenvalue weighted by Gasteiger charge is 2.21. The average molecular weight is 455 g/mol. The minimum Gasteiger partial charge on any atom is -0.383 e. The number of benzene rings is 2. The van der Waals surface area contributed by atoms with E-state index in [2.05, 4.69) is 10.6 Å². The van der Waals surface area contributed by atoms with Crippen molar-refractivity contribution in [2.75, 3.05) is 44.5 Å². The number of ether oxygens (including phenoxy) is 1. The minimum absolute atomic E-state index is 0.0741. The highest BCUT2D eigenvalue weighted by Crippen LogP contribution is 2.30. The van der Waals surface area contributed by atoms with Crippen LogP contribution in [0.2, 0.25) is 10.0 Å². The van der Waals surface area contributed by atoms with Gasteiger partial charge in [-0.25, -0.2) is 0 Å². The summed E-state index contributed by atoms with van der Waals surface area (Å²) in [5.41, 5.74) is 0.332. The summed E-state index contributed by atoms with van der Waals surface area (Å²) in [6.07, 6.45) is 0. The number of halogens is 2. The van der Waals surface area contributed by atoms with Crippen LogP contribution in [0.25, 0.3) is 0 Å². The summed E-state index contributed by atoms with van der Waals surface area (Å²) in [7, 11) is 2.93. The third-order valence-electron chi connectivity index (χ3n) is 4.02. The second kappa shape index (κ2) is 10.8. The van der Waals surface area contributed by atoms with E-state index in [-0.39, 0.29) is 39.2 Å². The van der Waals surface area contributed by atoms with Crippen molar-refractivity contribution in [1.29, 1.82) is 0 Å². The molecule has 0 saturated heterocycles. The Kier molecular flexibility index (Phi) is 8.40. The number of para-hydroxylation sites is 1. The summed E-state index contributed by atoms with van der Waals surface area (Å²) < 4.78 is 4.90. The maximum atomic E-state index is 12.6. The zero-order valence-electron chi connectivity index (χ0n) is 16.3. The average Bonchev–Trinajstić information content (AvgIpc) is 2.70. The van der Waals surface area contributed by atoms with E-state index in [1.54, 1.807) is 18.2 Å². The Bertz CT molecular complexity index is 934. The molecule has 30 heavy (non-hydrogen) atoms. The molecule has 9 nitrogen and oxygen atoms in total. The van der Waals surface area contributed by atoms with Crippen LogP contribution in [0.15, 0.2) is 36.4 Å². The van der Waals surface area contributed by atoms with Gasteiger partial charge in [0.05, 0.1) is 33.8 Å². The molecule has 0 spiro atoms. The lowest BCUT2D eigenvalue weighted by atomic mass is 10.1. The second-order valence-corrected chi connectivity index (χ2v) is 7.03. The quantitative estimate of drug-likeness (QED) is 0.339. The van der Waals surface area contributed by atoms with Gasteiger partial charge in [-0.15, -0.1) is 0 Å². The molecule has 0 aliphatic carbocycles. The molecule has 11 heteroatoms. The molecule has 0 aromatic heterocycles. The van der Waals surface area contributed by atoms with Crippen LogP contribution in [0, 0.1) is 10.1 Å². The van der Waals surface area contributed by atoms with Crippen molar-refractivity contribution in [1.82, 2.24) is 4.90 Å². The molecule has 0 saturated carbocycles. The van der Waals surface area contributed by atoms with Crippen molar-refractivity contribution >= 4 is 52.1 Å². The number of carbonyl (C=O) groups excluding carboxylic acids is 2. The van der Waals surface area contributed by atoms with Crippen LogP contribution >= 0.6 is 23.2 Å². The van der Waals surface area contributed by atoms with E-state index in [0.29, 0.717) is 13.2 Å². The van der Waals surface area contributed by atoms with Crippen LogP contribution in [-0.4, -0.2) is 55.5 Å². The SMILES string of the molecule is COCCNc1ccc(C(=O)N(C)CC(=O)Nc2c(Cl)cccc2Cl)cc1[N+](=O)[O-]. The maximum Gasteiger partial charge on any atom is 0.293 e. The topological polar surface area (TPSA) is 114 Å². The zero-order valence-corrected chi connectivity index (χ0v) is 17.8. The minimum atomic E-state index is -0.585. The third-order valence-corrected chi connectivity index (χ3v) is 4.65. The number of methoxy groups -OCH3 is 1. The van der Waals surface area contributed by atoms with Gasteiger partial charge in [-0.2, -0.15) is 0 Å². The lowest BCUT2D eigenvalue weighted by molar-refractivity contribution is -0.384. The first-order chi connectivity index (χ1) is 14.2. The van der Waals surface area contributed by atoms with E-state index in [9.17, 15) is 19.7 Å². The van der Waals surface area contributed by atoms with Crippen molar-refractivity contribution in [3.8, 4) is 0 Å². The highest BCUT2D eigenvalue weighted by atomic mass is 35.5. The van der Waals surface area contributed by atoms with Gasteiger partial charge in [-0.1, -0.05) is 29.3 Å². The van der Waals surface area contributed by atoms with Crippen molar-refractivity contribution in [3.05, 3.63) is 62.1 Å². The predicted octanol–water partition coefficient (Wildman–Crippen LogP) is 3.67. The number of amides is 2. The number of hydrogen-bond acceptors (Lipinski definition) is 6. The van der Waals surface area contributed by atoms with E-state index in [1.807, 2.05) is 0 Å². The number of hydrogen-bond donors (Lipinski definition) is 2. The number of nitrogens with one attached hydrogen (secondary N) is 2. The monoisotopic (exact) mass is 454 g/mol. The Hall–Kier alpha value is -2.88. The van der Waals surface area contributed by atoms with Gasteiger partial charge in [0.1, 0.15) is 5.69 Å². The van der Waals surface area contributed by atoms with Gasteiger partial charge < -0.3 is 20.3 Å². The molecule has 0 heterocycles. The number of nitro benzene ring substituents is 1. The van der Waals surface area contributed by atoms with E-state index in [1.165, 1.54) is 26.3 Å². The van der Waals surface area contributed by atoms with Gasteiger partial charge in [-0.05, 0) is 24.3 Å². The second-order valence-electron chi connectivity index (χ2n) is 6.21. The molecule has 0 bridgehead atoms. The van der Waals surface area contributed by atoms with Gasteiger partial charge >= 0.3 is 0 Å². The molecule has 0 aliphatic rings. The summed E-state index contributed by atoms with van der Waals surface area (Å²) in [6, 6.07) is 8.83. The fraction of sp³-hybridized carbons (Fsp3) is 0.263. The number of likely N-dealkylation sites (N-methyl/N-ethyl adjacent to an activating group) is 1. The van der Waals surface area contributed by atoms with Crippen LogP contribution in [-0.2, 0) is 9.53 Å². The number of rotatable bonds is 9. The molecule has 0 unspecified atom stereocenters. The van der Waals surface area contributed by atoms with Gasteiger partial charge in [-0.3, -0.25) is 19.7 Å². The summed E-state index contributed by atoms with van der Waals surface area (Å²) in [6.45, 7) is 0.433. The number of carbonyl (C=O) groups is 2. The fourth-order valence-corrected chi connectivity index (χ4v) is 3.05. The zero-order chi connectivity index (χ0) is 22.3. The van der Waals surface area contributed by atoms with Crippen molar-refractivity contribution in [2.45, 2.75) is 0 Å². The van der Waals surface area contributed by atoms with Crippen LogP contribution in [0.5, 0.6) is 0 Å². The van der Waals surface area contributed by atoms with E-state index in [4.69, 9.17) is 27.9 Å². The summed E-state index contributed by atoms with van der Waals surface area (Å²) in [5.74, 6) is -1.07. The number of nitro groups is 1. The standard InChI is InChI=1S/C19H20Cl2N4O5/c1-24(11-17(26)23-18-13(20)4-3-5-14(18)21)19(27)12-6-7-15(22-8-9-30-2)16(10-12)25(28)29/h3-7,10,22H,8-9,11H2,1-2H3,(H,23,26). The largest absolute Gasteiger partial charge is 0.383 e. The molecule has 0 aliphatic heterocycles. The normalized spacial score (nSPS) is 10.4. The predicted molar refractivity (Wildman–Crippen MR) is 116 cm³/mol. The van der Waals surface area contributed by atoms with Crippen LogP contribution in [0.3, 0.4) is 0 Å². The fourth-order valence-electron chi connectivity index (χ4n) is 2.56. The van der Waals surface area contributed by atoms with Crippen molar-refractivity contribution in [2.24, 2.45) is 0 Å². The Labute approximate surface area is 183 Å². The third kappa shape index (κ3) is 6.06. The van der Waals surface area contributed by atoms with Gasteiger partial charge in [0.2, 0.25) is 5.91 Å². The highest BCUT2D eigenvalue weighted by molar-refractivity contribution is 6.39. The van der Waals surface area contributed by atoms with Crippen LogP contribution in [0.1, 0.15) is 10.4 Å². The molecule has 2 aromatic rings. The molecule has 2 rings (SSSR count). The molecule has 2 aromatic carbocycles. The Morgan fingerprint density at radius 2 is 1.87 bits per heavy atom. The van der Waals surface area contributed by atoms with Gasteiger partial charge in [0.25, 0.3) is 11.6 Å². The van der Waals surface area contributed by atoms with E-state index in [0.717, 1.165) is 11.0 Å². The molecule has 2 amide bonds. The van der Waals surface area contributed by atoms with Crippen LogP contribution < -0.4 is 10.6 Å². The Morgan fingerprint density at radius 3 is 2.47 bits per heavy atom. The number of anilines is 2. The summed E-state index contributed by atoms with van der Waals surface area (Å²) >= 11 is 12.0. The first-order valence-electron chi connectivity index (χ1n) is 8.75. The molecule has 0 radical (unpaired) electrons. The first kappa shape index (κ1) is 23.4. The molecule has 0 atom stereocenters. The molecule has 0 fully saturated rings. The summed E-state index contributed by atoms with van der Waals surface area (Å²) in [5, 5.41) is 17.3. The first-order valence-corrected chi connectivity index (χ1v) is 9.50. The molecule has 2 N–H and O–H groups in total. The van der Waals surface area contributed by atoms with Crippen LogP contribution in [0.4, 0.5) is 17.1 Å². The van der Waals surface area contributed by atoms with Gasteiger partial charge in [0.15, 0.2) is 0 Å². The molecular weight excluding hydrogens is 435 g/mol. The number of nitrogens with zero attached hydrogens (tertiary/aromatic N) is 2. The lowest BCUT2D eigenvalue weighted by Gasteiger charge is -2.18. The van der Waals surface area contributed by atoms with E-state index < -0.39 is 16.7 Å². The smallest absolute Gasteiger partial charge is 0.293 e. The van der Waals surface area contributed by atoms with E-state index >= 15 is 0 Å². The Morgan fingerprint density at radius 1 is 1.20 bits per heavy atom. The Balaban J connectivity index is 2.10. The summed E-state index contributed by atoms with van der Waals surface area (Å²) in [4.78, 5) is 36.8. The maximum absolute atomic E-state index is 12.6. The van der Waals surface area contributed by atoms with Gasteiger partial charge in [0, 0.05) is 32.3 Å². The molecule has 160 valence electrons. The molecular formula is C19H20Cl2N4O5.